The molecule has 0 aliphatic heterocycles. The molecule has 0 aromatic heterocycles. The SMILES string of the molecule is CC1(C)[C@H](C(=O)Nc2ccc(OC(F)(F)Cl)cc2)CC[C@]1(C)C(=O)[O-]. The van der Waals surface area contributed by atoms with E-state index < -0.39 is 28.3 Å². The second kappa shape index (κ2) is 6.44. The Balaban J connectivity index is 2.09. The Morgan fingerprint density at radius 1 is 1.28 bits per heavy atom. The molecule has 5 nitrogen and oxygen atoms in total. The van der Waals surface area contributed by atoms with Gasteiger partial charge in [-0.2, -0.15) is 0 Å². The van der Waals surface area contributed by atoms with Crippen molar-refractivity contribution in [3.8, 4) is 5.75 Å². The van der Waals surface area contributed by atoms with Gasteiger partial charge in [0.25, 0.3) is 0 Å². The Bertz CT molecular complexity index is 672. The zero-order valence-electron chi connectivity index (χ0n) is 14.1. The van der Waals surface area contributed by atoms with E-state index in [0.29, 0.717) is 18.5 Å². The van der Waals surface area contributed by atoms with Gasteiger partial charge in [-0.25, -0.2) is 0 Å². The summed E-state index contributed by atoms with van der Waals surface area (Å²) >= 11 is 4.68. The zero-order chi connectivity index (χ0) is 19.0. The molecule has 0 unspecified atom stereocenters. The van der Waals surface area contributed by atoms with Gasteiger partial charge in [-0.1, -0.05) is 20.8 Å². The maximum absolute atomic E-state index is 12.6. The molecular formula is C17H19ClF2NO4-. The maximum atomic E-state index is 12.6. The van der Waals surface area contributed by atoms with Crippen LogP contribution in [0.15, 0.2) is 24.3 Å². The van der Waals surface area contributed by atoms with Crippen molar-refractivity contribution in [2.75, 3.05) is 5.32 Å². The predicted octanol–water partition coefficient (Wildman–Crippen LogP) is 2.99. The van der Waals surface area contributed by atoms with E-state index in [1.807, 2.05) is 0 Å². The molecule has 0 spiro atoms. The lowest BCUT2D eigenvalue weighted by Gasteiger charge is -2.41. The normalized spacial score (nSPS) is 25.4. The molecule has 0 radical (unpaired) electrons. The highest BCUT2D eigenvalue weighted by Crippen LogP contribution is 2.55. The van der Waals surface area contributed by atoms with Gasteiger partial charge in [0.1, 0.15) is 5.75 Å². The molecule has 25 heavy (non-hydrogen) atoms. The van der Waals surface area contributed by atoms with Crippen LogP contribution in [0.2, 0.25) is 0 Å². The van der Waals surface area contributed by atoms with Crippen molar-refractivity contribution in [2.45, 2.75) is 39.2 Å². The van der Waals surface area contributed by atoms with Crippen LogP contribution < -0.4 is 15.2 Å². The lowest BCUT2D eigenvalue weighted by atomic mass is 9.65. The first-order valence-electron chi connectivity index (χ1n) is 7.75. The number of carboxylic acids is 1. The number of hydrogen-bond acceptors (Lipinski definition) is 4. The molecule has 1 amide bonds. The van der Waals surface area contributed by atoms with Crippen LogP contribution in [0.1, 0.15) is 33.6 Å². The van der Waals surface area contributed by atoms with Crippen LogP contribution in [0.4, 0.5) is 14.5 Å². The number of carbonyl (C=O) groups excluding carboxylic acids is 2. The van der Waals surface area contributed by atoms with Gasteiger partial charge in [-0.15, -0.1) is 8.78 Å². The van der Waals surface area contributed by atoms with Crippen LogP contribution in [-0.2, 0) is 9.59 Å². The van der Waals surface area contributed by atoms with Gasteiger partial charge in [-0.05, 0) is 42.5 Å². The fourth-order valence-corrected chi connectivity index (χ4v) is 3.38. The minimum atomic E-state index is -3.81. The number of amides is 1. The molecule has 1 N–H and O–H groups in total. The van der Waals surface area contributed by atoms with Crippen molar-refractivity contribution >= 4 is 29.2 Å². The molecule has 1 aliphatic carbocycles. The molecule has 1 saturated carbocycles. The third-order valence-corrected chi connectivity index (χ3v) is 5.43. The van der Waals surface area contributed by atoms with Crippen molar-refractivity contribution in [3.05, 3.63) is 24.3 Å². The summed E-state index contributed by atoms with van der Waals surface area (Å²) in [6.45, 7) is 5.06. The molecule has 0 bridgehead atoms. The highest BCUT2D eigenvalue weighted by molar-refractivity contribution is 6.20. The number of hydrogen-bond donors (Lipinski definition) is 1. The Kier molecular flexibility index (Phi) is 5.01. The van der Waals surface area contributed by atoms with Crippen molar-refractivity contribution < 1.29 is 28.2 Å². The second-order valence-corrected chi connectivity index (χ2v) is 7.43. The van der Waals surface area contributed by atoms with Crippen LogP contribution in [0.25, 0.3) is 0 Å². The van der Waals surface area contributed by atoms with E-state index in [-0.39, 0.29) is 11.7 Å². The van der Waals surface area contributed by atoms with Gasteiger partial charge in [0.15, 0.2) is 0 Å². The second-order valence-electron chi connectivity index (χ2n) is 6.99. The summed E-state index contributed by atoms with van der Waals surface area (Å²) in [7, 11) is 0. The molecule has 2 atom stereocenters. The van der Waals surface area contributed by atoms with Crippen molar-refractivity contribution in [1.82, 2.24) is 0 Å². The van der Waals surface area contributed by atoms with E-state index in [0.717, 1.165) is 0 Å². The van der Waals surface area contributed by atoms with Gasteiger partial charge in [0.05, 0.1) is 0 Å². The van der Waals surface area contributed by atoms with E-state index in [4.69, 9.17) is 0 Å². The summed E-state index contributed by atoms with van der Waals surface area (Å²) in [6, 6.07) is 5.29. The molecule has 1 aliphatic rings. The fraction of sp³-hybridized carbons (Fsp3) is 0.529. The number of ether oxygens (including phenoxy) is 1. The van der Waals surface area contributed by atoms with Gasteiger partial charge in [0.2, 0.25) is 5.91 Å². The average molecular weight is 375 g/mol. The Morgan fingerprint density at radius 2 is 1.84 bits per heavy atom. The van der Waals surface area contributed by atoms with Crippen LogP contribution in [0, 0.1) is 16.7 Å². The summed E-state index contributed by atoms with van der Waals surface area (Å²) in [4.78, 5) is 24.0. The largest absolute Gasteiger partial charge is 0.550 e. The number of benzene rings is 1. The quantitative estimate of drug-likeness (QED) is 0.804. The number of rotatable bonds is 5. The van der Waals surface area contributed by atoms with E-state index in [1.165, 1.54) is 24.3 Å². The number of halogens is 3. The van der Waals surface area contributed by atoms with Crippen LogP contribution in [0.3, 0.4) is 0 Å². The number of aliphatic carboxylic acids is 1. The molecule has 0 saturated heterocycles. The molecule has 2 rings (SSSR count). The minimum absolute atomic E-state index is 0.149. The summed E-state index contributed by atoms with van der Waals surface area (Å²) in [5.74, 6) is -2.16. The first kappa shape index (κ1) is 19.4. The standard InChI is InChI=1S/C17H20ClF2NO4/c1-15(2)12(8-9-16(15,3)14(23)24)13(22)21-10-4-6-11(7-5-10)25-17(18,19)20/h4-7,12H,8-9H2,1-3H3,(H,21,22)(H,23,24)/p-1/t12-,16+/m0/s1. The number of anilines is 1. The number of alkyl halides is 3. The fourth-order valence-electron chi connectivity index (χ4n) is 3.29. The first-order valence-corrected chi connectivity index (χ1v) is 8.13. The van der Waals surface area contributed by atoms with Crippen LogP contribution in [-0.4, -0.2) is 17.4 Å². The minimum Gasteiger partial charge on any atom is -0.550 e. The van der Waals surface area contributed by atoms with Crippen molar-refractivity contribution in [1.29, 1.82) is 0 Å². The Morgan fingerprint density at radius 3 is 2.28 bits per heavy atom. The summed E-state index contributed by atoms with van der Waals surface area (Å²) in [6.07, 6.45) is 0.765. The van der Waals surface area contributed by atoms with Crippen LogP contribution >= 0.6 is 11.6 Å². The molecular weight excluding hydrogens is 356 g/mol. The molecule has 1 fully saturated rings. The van der Waals surface area contributed by atoms with Gasteiger partial charge >= 0.3 is 5.57 Å². The lowest BCUT2D eigenvalue weighted by molar-refractivity contribution is -0.323. The summed E-state index contributed by atoms with van der Waals surface area (Å²) in [5.41, 5.74) is -5.32. The molecule has 138 valence electrons. The summed E-state index contributed by atoms with van der Waals surface area (Å²) < 4.78 is 29.3. The average Bonchev–Trinajstić information content (AvgIpc) is 2.71. The first-order chi connectivity index (χ1) is 11.4. The highest BCUT2D eigenvalue weighted by atomic mass is 35.5. The van der Waals surface area contributed by atoms with E-state index in [1.54, 1.807) is 20.8 Å². The smallest absolute Gasteiger partial charge is 0.487 e. The highest BCUT2D eigenvalue weighted by Gasteiger charge is 2.54. The zero-order valence-corrected chi connectivity index (χ0v) is 14.8. The summed E-state index contributed by atoms with van der Waals surface area (Å²) in [5, 5.41) is 14.2. The topological polar surface area (TPSA) is 78.5 Å². The predicted molar refractivity (Wildman–Crippen MR) is 86.1 cm³/mol. The monoisotopic (exact) mass is 374 g/mol. The van der Waals surface area contributed by atoms with E-state index in [2.05, 4.69) is 21.7 Å². The van der Waals surface area contributed by atoms with E-state index in [9.17, 15) is 23.5 Å². The number of carboxylic acid groups (broad SMARTS) is 1. The number of nitrogens with one attached hydrogen (secondary N) is 1. The molecule has 0 heterocycles. The lowest BCUT2D eigenvalue weighted by Crippen LogP contribution is -2.49. The number of carbonyl (C=O) groups is 2. The molecule has 8 heteroatoms. The van der Waals surface area contributed by atoms with Gasteiger partial charge in [-0.3, -0.25) is 4.79 Å². The van der Waals surface area contributed by atoms with E-state index >= 15 is 0 Å². The maximum Gasteiger partial charge on any atom is 0.487 e. The Labute approximate surface area is 149 Å². The third kappa shape index (κ3) is 3.86. The van der Waals surface area contributed by atoms with Gasteiger partial charge in [0, 0.05) is 34.6 Å². The van der Waals surface area contributed by atoms with Crippen LogP contribution in [0.5, 0.6) is 5.75 Å². The Hall–Kier alpha value is -1.89. The molecule has 1 aromatic carbocycles. The van der Waals surface area contributed by atoms with Crippen molar-refractivity contribution in [2.24, 2.45) is 16.7 Å². The van der Waals surface area contributed by atoms with Gasteiger partial charge < -0.3 is 20.0 Å². The molecule has 1 aromatic rings. The van der Waals surface area contributed by atoms with Crippen molar-refractivity contribution in [3.63, 3.8) is 0 Å². The third-order valence-electron chi connectivity index (χ3n) is 5.35.